The summed E-state index contributed by atoms with van der Waals surface area (Å²) in [6, 6.07) is 0. The van der Waals surface area contributed by atoms with Crippen molar-refractivity contribution >= 4 is 11.8 Å². The molecule has 3 N–H and O–H groups in total. The van der Waals surface area contributed by atoms with E-state index in [-0.39, 0.29) is 30.8 Å². The fourth-order valence-electron chi connectivity index (χ4n) is 1.52. The molecule has 0 radical (unpaired) electrons. The third-order valence-electron chi connectivity index (χ3n) is 2.31. The Bertz CT molecular complexity index is 224. The Hall–Kier alpha value is -0.940. The summed E-state index contributed by atoms with van der Waals surface area (Å²) in [6.45, 7) is 1.96. The summed E-state index contributed by atoms with van der Waals surface area (Å²) < 4.78 is 0. The minimum Gasteiger partial charge on any atom is -0.390 e. The number of nitrogens with zero attached hydrogens (tertiary/aromatic N) is 1. The second-order valence-electron chi connectivity index (χ2n) is 3.80. The molecule has 0 aromatic carbocycles. The van der Waals surface area contributed by atoms with Crippen molar-refractivity contribution in [2.45, 2.75) is 25.9 Å². The number of nitrogens with two attached hydrogens (primary N) is 1. The number of aliphatic hydroxyl groups is 1. The van der Waals surface area contributed by atoms with Crippen LogP contribution in [-0.4, -0.2) is 41.0 Å². The number of carbonyl (C=O) groups excluding carboxylic acids is 2. The molecule has 5 heteroatoms. The molecule has 0 unspecified atom stereocenters. The van der Waals surface area contributed by atoms with Crippen molar-refractivity contribution in [2.75, 3.05) is 13.1 Å². The molecule has 0 saturated carbocycles. The van der Waals surface area contributed by atoms with Crippen LogP contribution >= 0.6 is 0 Å². The van der Waals surface area contributed by atoms with Gasteiger partial charge in [-0.15, -0.1) is 0 Å². The number of β-amino-alcohol motifs (C(OH)–C–C–N with tert-alkyl or cyclic N) is 1. The first-order valence-electron chi connectivity index (χ1n) is 4.76. The summed E-state index contributed by atoms with van der Waals surface area (Å²) in [4.78, 5) is 23.9. The zero-order valence-corrected chi connectivity index (χ0v) is 8.27. The molecule has 0 spiro atoms. The van der Waals surface area contributed by atoms with Crippen molar-refractivity contribution < 1.29 is 14.7 Å². The molecule has 80 valence electrons. The van der Waals surface area contributed by atoms with Crippen LogP contribution in [0, 0.1) is 5.92 Å². The van der Waals surface area contributed by atoms with Crippen molar-refractivity contribution in [3.05, 3.63) is 0 Å². The van der Waals surface area contributed by atoms with Gasteiger partial charge in [0, 0.05) is 19.4 Å². The van der Waals surface area contributed by atoms with Crippen LogP contribution in [0.15, 0.2) is 0 Å². The Kier molecular flexibility index (Phi) is 3.60. The fourth-order valence-corrected chi connectivity index (χ4v) is 1.52. The van der Waals surface area contributed by atoms with E-state index < -0.39 is 6.10 Å². The number of imide groups is 1. The standard InChI is InChI=1S/C9H16N2O3/c1-6-2-8(13)11(9(14)3-6)5-7(12)4-10/h6-7,12H,2-5,10H2,1H3/t7-/m1/s1. The van der Waals surface area contributed by atoms with E-state index in [2.05, 4.69) is 0 Å². The van der Waals surface area contributed by atoms with Crippen molar-refractivity contribution in [2.24, 2.45) is 11.7 Å². The highest BCUT2D eigenvalue weighted by molar-refractivity contribution is 5.97. The summed E-state index contributed by atoms with van der Waals surface area (Å²) in [5, 5.41) is 9.24. The highest BCUT2D eigenvalue weighted by Crippen LogP contribution is 2.18. The molecule has 1 saturated heterocycles. The van der Waals surface area contributed by atoms with Gasteiger partial charge in [0.15, 0.2) is 0 Å². The Morgan fingerprint density at radius 2 is 2.00 bits per heavy atom. The number of likely N-dealkylation sites (tertiary alicyclic amines) is 1. The van der Waals surface area contributed by atoms with Gasteiger partial charge in [0.1, 0.15) is 0 Å². The van der Waals surface area contributed by atoms with Crippen LogP contribution in [0.3, 0.4) is 0 Å². The van der Waals surface area contributed by atoms with Crippen LogP contribution in [0.25, 0.3) is 0 Å². The van der Waals surface area contributed by atoms with Gasteiger partial charge in [0.05, 0.1) is 12.6 Å². The second kappa shape index (κ2) is 4.52. The van der Waals surface area contributed by atoms with Gasteiger partial charge in [0.25, 0.3) is 0 Å². The number of aliphatic hydroxyl groups excluding tert-OH is 1. The zero-order chi connectivity index (χ0) is 10.7. The first kappa shape index (κ1) is 11.1. The monoisotopic (exact) mass is 200 g/mol. The second-order valence-corrected chi connectivity index (χ2v) is 3.80. The zero-order valence-electron chi connectivity index (χ0n) is 8.27. The molecule has 14 heavy (non-hydrogen) atoms. The van der Waals surface area contributed by atoms with Crippen molar-refractivity contribution in [3.8, 4) is 0 Å². The predicted octanol–water partition coefficient (Wildman–Crippen LogP) is -0.909. The van der Waals surface area contributed by atoms with Gasteiger partial charge in [-0.25, -0.2) is 0 Å². The highest BCUT2D eigenvalue weighted by atomic mass is 16.3. The third kappa shape index (κ3) is 2.52. The minimum absolute atomic E-state index is 0.0287. The maximum atomic E-state index is 11.4. The van der Waals surface area contributed by atoms with Crippen molar-refractivity contribution in [3.63, 3.8) is 0 Å². The average Bonchev–Trinajstić information content (AvgIpc) is 2.10. The normalized spacial score (nSPS) is 21.5. The Balaban J connectivity index is 2.59. The lowest BCUT2D eigenvalue weighted by Gasteiger charge is -2.29. The van der Waals surface area contributed by atoms with E-state index >= 15 is 0 Å². The van der Waals surface area contributed by atoms with Crippen LogP contribution in [0.2, 0.25) is 0 Å². The lowest BCUT2D eigenvalue weighted by molar-refractivity contribution is -0.151. The lowest BCUT2D eigenvalue weighted by atomic mass is 9.97. The number of hydrogen-bond donors (Lipinski definition) is 2. The molecule has 1 heterocycles. The van der Waals surface area contributed by atoms with Crippen LogP contribution in [0.1, 0.15) is 19.8 Å². The number of rotatable bonds is 3. The number of carbonyl (C=O) groups is 2. The highest BCUT2D eigenvalue weighted by Gasteiger charge is 2.31. The van der Waals surface area contributed by atoms with E-state index in [1.54, 1.807) is 0 Å². The summed E-state index contributed by atoms with van der Waals surface area (Å²) in [7, 11) is 0. The largest absolute Gasteiger partial charge is 0.390 e. The van der Waals surface area contributed by atoms with Crippen molar-refractivity contribution in [1.29, 1.82) is 0 Å². The van der Waals surface area contributed by atoms with E-state index in [9.17, 15) is 14.7 Å². The first-order chi connectivity index (χ1) is 6.54. The molecule has 0 aromatic rings. The summed E-state index contributed by atoms with van der Waals surface area (Å²) in [6.07, 6.45) is -0.0530. The molecule has 1 atom stereocenters. The summed E-state index contributed by atoms with van der Waals surface area (Å²) in [5.41, 5.74) is 5.21. The molecule has 1 aliphatic rings. The van der Waals surface area contributed by atoms with Crippen LogP contribution in [0.4, 0.5) is 0 Å². The van der Waals surface area contributed by atoms with E-state index in [1.807, 2.05) is 6.92 Å². The maximum absolute atomic E-state index is 11.4. The molecule has 1 rings (SSSR count). The van der Waals surface area contributed by atoms with Gasteiger partial charge in [-0.2, -0.15) is 0 Å². The molecule has 0 bridgehead atoms. The van der Waals surface area contributed by atoms with Crippen LogP contribution in [0.5, 0.6) is 0 Å². The molecule has 0 aromatic heterocycles. The Morgan fingerprint density at radius 3 is 2.43 bits per heavy atom. The van der Waals surface area contributed by atoms with E-state index in [0.29, 0.717) is 12.8 Å². The topological polar surface area (TPSA) is 83.6 Å². The molecule has 0 aliphatic carbocycles. The fraction of sp³-hybridized carbons (Fsp3) is 0.778. The van der Waals surface area contributed by atoms with Crippen LogP contribution in [-0.2, 0) is 9.59 Å². The molecule has 5 nitrogen and oxygen atoms in total. The smallest absolute Gasteiger partial charge is 0.229 e. The molecule has 2 amide bonds. The molecular weight excluding hydrogens is 184 g/mol. The van der Waals surface area contributed by atoms with E-state index in [0.717, 1.165) is 4.90 Å². The van der Waals surface area contributed by atoms with Crippen LogP contribution < -0.4 is 5.73 Å². The quantitative estimate of drug-likeness (QED) is 0.578. The van der Waals surface area contributed by atoms with Gasteiger partial charge < -0.3 is 10.8 Å². The number of hydrogen-bond acceptors (Lipinski definition) is 4. The average molecular weight is 200 g/mol. The summed E-state index contributed by atoms with van der Waals surface area (Å²) in [5.74, 6) is -0.302. The van der Waals surface area contributed by atoms with Gasteiger partial charge >= 0.3 is 0 Å². The third-order valence-corrected chi connectivity index (χ3v) is 2.31. The first-order valence-corrected chi connectivity index (χ1v) is 4.76. The minimum atomic E-state index is -0.809. The summed E-state index contributed by atoms with van der Waals surface area (Å²) >= 11 is 0. The maximum Gasteiger partial charge on any atom is 0.229 e. The van der Waals surface area contributed by atoms with E-state index in [4.69, 9.17) is 5.73 Å². The SMILES string of the molecule is CC1CC(=O)N(C[C@H](O)CN)C(=O)C1. The molecule has 1 fully saturated rings. The Morgan fingerprint density at radius 1 is 1.50 bits per heavy atom. The van der Waals surface area contributed by atoms with Gasteiger partial charge in [0.2, 0.25) is 11.8 Å². The number of amides is 2. The molecular formula is C9H16N2O3. The van der Waals surface area contributed by atoms with Gasteiger partial charge in [-0.05, 0) is 5.92 Å². The molecule has 1 aliphatic heterocycles. The van der Waals surface area contributed by atoms with Crippen molar-refractivity contribution in [1.82, 2.24) is 4.90 Å². The lowest BCUT2D eigenvalue weighted by Crippen LogP contribution is -2.47. The van der Waals surface area contributed by atoms with Gasteiger partial charge in [-0.3, -0.25) is 14.5 Å². The van der Waals surface area contributed by atoms with E-state index in [1.165, 1.54) is 0 Å². The van der Waals surface area contributed by atoms with Gasteiger partial charge in [-0.1, -0.05) is 6.92 Å². The Labute approximate surface area is 82.9 Å². The number of piperidine rings is 1. The predicted molar refractivity (Wildman–Crippen MR) is 50.2 cm³/mol.